The van der Waals surface area contributed by atoms with Crippen LogP contribution in [0.15, 0.2) is 53.3 Å². The Morgan fingerprint density at radius 1 is 0.893 bits per heavy atom. The fourth-order valence-electron chi connectivity index (χ4n) is 2.77. The maximum absolute atomic E-state index is 12.1. The number of carbonyl (C=O) groups is 2. The summed E-state index contributed by atoms with van der Waals surface area (Å²) in [6.07, 6.45) is 0. The number of nitrogens with two attached hydrogens (primary N) is 1. The van der Waals surface area contributed by atoms with E-state index in [1.165, 1.54) is 12.1 Å². The van der Waals surface area contributed by atoms with Gasteiger partial charge < -0.3 is 25.7 Å². The van der Waals surface area contributed by atoms with Crippen molar-refractivity contribution in [2.75, 3.05) is 5.73 Å². The molecule has 0 atom stereocenters. The first-order valence-corrected chi connectivity index (χ1v) is 8.15. The van der Waals surface area contributed by atoms with Gasteiger partial charge in [-0.3, -0.25) is 4.79 Å². The topological polar surface area (TPSA) is 143 Å². The number of anilines is 1. The molecule has 0 saturated carbocycles. The van der Waals surface area contributed by atoms with E-state index in [2.05, 4.69) is 4.98 Å². The Labute approximate surface area is 158 Å². The van der Waals surface area contributed by atoms with Crippen molar-refractivity contribution in [2.24, 2.45) is 0 Å². The molecule has 8 nitrogen and oxygen atoms in total. The van der Waals surface area contributed by atoms with Crippen LogP contribution in [0.4, 0.5) is 5.82 Å². The van der Waals surface area contributed by atoms with Crippen LogP contribution in [0.2, 0.25) is 0 Å². The number of aromatic amines is 1. The molecule has 3 aromatic rings. The lowest BCUT2D eigenvalue weighted by molar-refractivity contribution is 0.0695. The average Bonchev–Trinajstić information content (AvgIpc) is 2.63. The van der Waals surface area contributed by atoms with E-state index in [-0.39, 0.29) is 11.1 Å². The van der Waals surface area contributed by atoms with E-state index in [1.54, 1.807) is 24.3 Å². The molecule has 0 radical (unpaired) electrons. The van der Waals surface area contributed by atoms with Gasteiger partial charge in [0.1, 0.15) is 28.4 Å². The minimum absolute atomic E-state index is 0.212. The van der Waals surface area contributed by atoms with Crippen molar-refractivity contribution in [3.63, 3.8) is 0 Å². The van der Waals surface area contributed by atoms with E-state index in [0.29, 0.717) is 11.5 Å². The number of benzene rings is 2. The first kappa shape index (κ1) is 18.7. The summed E-state index contributed by atoms with van der Waals surface area (Å²) in [6, 6.07) is 13.4. The predicted molar refractivity (Wildman–Crippen MR) is 102 cm³/mol. The third kappa shape index (κ3) is 3.56. The largest absolute Gasteiger partial charge is 0.478 e. The van der Waals surface area contributed by atoms with Gasteiger partial charge in [0.25, 0.3) is 5.56 Å². The molecule has 0 aliphatic rings. The molecule has 3 rings (SSSR count). The van der Waals surface area contributed by atoms with Crippen LogP contribution in [0.5, 0.6) is 11.5 Å². The lowest BCUT2D eigenvalue weighted by Gasteiger charge is -2.13. The van der Waals surface area contributed by atoms with Gasteiger partial charge in [0.05, 0.1) is 0 Å². The molecule has 0 saturated heterocycles. The highest BCUT2D eigenvalue weighted by Crippen LogP contribution is 2.31. The van der Waals surface area contributed by atoms with Crippen LogP contribution in [0, 0.1) is 6.92 Å². The van der Waals surface area contributed by atoms with Crippen molar-refractivity contribution in [1.29, 1.82) is 0 Å². The normalized spacial score (nSPS) is 10.5. The van der Waals surface area contributed by atoms with Gasteiger partial charge in [-0.05, 0) is 36.8 Å². The molecule has 0 aliphatic heterocycles. The predicted octanol–water partition coefficient (Wildman–Crippen LogP) is 3.12. The molecular weight excluding hydrogens is 364 g/mol. The van der Waals surface area contributed by atoms with Crippen LogP contribution < -0.4 is 16.0 Å². The molecule has 8 heteroatoms. The van der Waals surface area contributed by atoms with E-state index in [1.807, 2.05) is 19.1 Å². The molecule has 0 amide bonds. The van der Waals surface area contributed by atoms with Crippen LogP contribution in [0.3, 0.4) is 0 Å². The first-order chi connectivity index (χ1) is 13.3. The van der Waals surface area contributed by atoms with Crippen molar-refractivity contribution < 1.29 is 24.5 Å². The molecule has 28 heavy (non-hydrogen) atoms. The number of hydrogen-bond donors (Lipinski definition) is 4. The highest BCUT2D eigenvalue weighted by Gasteiger charge is 2.26. The molecule has 0 unspecified atom stereocenters. The van der Waals surface area contributed by atoms with Crippen LogP contribution in [-0.4, -0.2) is 27.1 Å². The van der Waals surface area contributed by atoms with Gasteiger partial charge in [-0.25, -0.2) is 9.59 Å². The zero-order valence-electron chi connectivity index (χ0n) is 14.7. The number of nitrogen functional groups attached to an aromatic ring is 1. The van der Waals surface area contributed by atoms with E-state index in [9.17, 15) is 24.6 Å². The smallest absolute Gasteiger partial charge is 0.342 e. The van der Waals surface area contributed by atoms with Gasteiger partial charge >= 0.3 is 11.9 Å². The van der Waals surface area contributed by atoms with Gasteiger partial charge in [0.2, 0.25) is 0 Å². The maximum Gasteiger partial charge on any atom is 0.342 e. The molecule has 5 N–H and O–H groups in total. The Kier molecular flexibility index (Phi) is 4.86. The summed E-state index contributed by atoms with van der Waals surface area (Å²) in [4.78, 5) is 37.3. The lowest BCUT2D eigenvalue weighted by Crippen LogP contribution is -2.24. The quantitative estimate of drug-likeness (QED) is 0.532. The number of aromatic carboxylic acids is 2. The molecular formula is C20H16N2O6. The Bertz CT molecular complexity index is 1120. The highest BCUT2D eigenvalue weighted by atomic mass is 16.5. The van der Waals surface area contributed by atoms with E-state index in [0.717, 1.165) is 5.56 Å². The minimum Gasteiger partial charge on any atom is -0.478 e. The van der Waals surface area contributed by atoms with Crippen LogP contribution in [0.1, 0.15) is 26.3 Å². The number of aryl methyl sites for hydroxylation is 1. The van der Waals surface area contributed by atoms with Crippen LogP contribution in [-0.2, 0) is 0 Å². The standard InChI is InChI=1S/C20H16N2O6/c1-10-2-6-12(7-3-10)28-13-8-4-11(5-9-13)14-15(19(24)25)17(21)22-18(23)16(14)20(26)27/h2-9H,1H3,(H,24,25)(H,26,27)(H3,21,22,23). The second-order valence-electron chi connectivity index (χ2n) is 6.04. The summed E-state index contributed by atoms with van der Waals surface area (Å²) in [6.45, 7) is 1.95. The van der Waals surface area contributed by atoms with E-state index in [4.69, 9.17) is 10.5 Å². The van der Waals surface area contributed by atoms with Gasteiger partial charge in [-0.1, -0.05) is 29.8 Å². The molecule has 0 fully saturated rings. The van der Waals surface area contributed by atoms with E-state index >= 15 is 0 Å². The molecule has 0 aliphatic carbocycles. The van der Waals surface area contributed by atoms with Crippen molar-refractivity contribution in [2.45, 2.75) is 6.92 Å². The van der Waals surface area contributed by atoms with Gasteiger partial charge in [-0.2, -0.15) is 0 Å². The fraction of sp³-hybridized carbons (Fsp3) is 0.0500. The van der Waals surface area contributed by atoms with Crippen LogP contribution in [0.25, 0.3) is 11.1 Å². The summed E-state index contributed by atoms with van der Waals surface area (Å²) in [5, 5.41) is 18.9. The summed E-state index contributed by atoms with van der Waals surface area (Å²) in [7, 11) is 0. The number of nitrogens with one attached hydrogen (secondary N) is 1. The zero-order valence-corrected chi connectivity index (χ0v) is 14.7. The number of hydrogen-bond acceptors (Lipinski definition) is 5. The second kappa shape index (κ2) is 7.28. The Morgan fingerprint density at radius 2 is 1.39 bits per heavy atom. The molecule has 0 bridgehead atoms. The molecule has 0 spiro atoms. The van der Waals surface area contributed by atoms with Gasteiger partial charge in [0.15, 0.2) is 0 Å². The minimum atomic E-state index is -1.56. The molecule has 1 aromatic heterocycles. The van der Waals surface area contributed by atoms with Crippen molar-refractivity contribution >= 4 is 17.8 Å². The first-order valence-electron chi connectivity index (χ1n) is 8.15. The number of aromatic nitrogens is 1. The van der Waals surface area contributed by atoms with Crippen molar-refractivity contribution in [1.82, 2.24) is 4.98 Å². The summed E-state index contributed by atoms with van der Waals surface area (Å²) in [5.41, 5.74) is 4.49. The second-order valence-corrected chi connectivity index (χ2v) is 6.04. The highest BCUT2D eigenvalue weighted by molar-refractivity contribution is 6.07. The number of rotatable bonds is 5. The SMILES string of the molecule is Cc1ccc(Oc2ccc(-c3c(C(=O)O)c(N)[nH]c(=O)c3C(=O)O)cc2)cc1. The number of carboxylic acid groups (broad SMARTS) is 2. The number of H-pyrrole nitrogens is 1. The summed E-state index contributed by atoms with van der Waals surface area (Å²) >= 11 is 0. The van der Waals surface area contributed by atoms with Crippen molar-refractivity contribution in [3.05, 3.63) is 75.6 Å². The molecule has 142 valence electrons. The van der Waals surface area contributed by atoms with Crippen molar-refractivity contribution in [3.8, 4) is 22.6 Å². The molecule has 2 aromatic carbocycles. The third-order valence-electron chi connectivity index (χ3n) is 4.07. The molecule has 1 heterocycles. The summed E-state index contributed by atoms with van der Waals surface area (Å²) < 4.78 is 5.70. The third-order valence-corrected chi connectivity index (χ3v) is 4.07. The Balaban J connectivity index is 2.08. The maximum atomic E-state index is 12.1. The lowest BCUT2D eigenvalue weighted by atomic mass is 9.95. The van der Waals surface area contributed by atoms with Crippen LogP contribution >= 0.6 is 0 Å². The fourth-order valence-corrected chi connectivity index (χ4v) is 2.77. The monoisotopic (exact) mass is 380 g/mol. The summed E-state index contributed by atoms with van der Waals surface area (Å²) in [5.74, 6) is -2.36. The number of carboxylic acids is 2. The Hall–Kier alpha value is -4.07. The van der Waals surface area contributed by atoms with E-state index < -0.39 is 34.4 Å². The zero-order chi connectivity index (χ0) is 20.4. The van der Waals surface area contributed by atoms with Gasteiger partial charge in [0, 0.05) is 5.56 Å². The average molecular weight is 380 g/mol. The Morgan fingerprint density at radius 3 is 1.89 bits per heavy atom. The number of ether oxygens (including phenoxy) is 1. The van der Waals surface area contributed by atoms with Gasteiger partial charge in [-0.15, -0.1) is 0 Å². The number of pyridine rings is 1.